The Morgan fingerprint density at radius 1 is 1.35 bits per heavy atom. The van der Waals surface area contributed by atoms with Gasteiger partial charge in [0.15, 0.2) is 0 Å². The molecule has 7 nitrogen and oxygen atoms in total. The van der Waals surface area contributed by atoms with Crippen LogP contribution in [0.4, 0.5) is 0 Å². The minimum atomic E-state index is -3.59. The molecule has 0 radical (unpaired) electrons. The number of hydrogen-bond acceptors (Lipinski definition) is 4. The van der Waals surface area contributed by atoms with Gasteiger partial charge >= 0.3 is 0 Å². The molecule has 3 rings (SSSR count). The molecular weight excluding hydrogens is 280 g/mol. The van der Waals surface area contributed by atoms with E-state index in [2.05, 4.69) is 5.10 Å². The number of rotatable bonds is 2. The van der Waals surface area contributed by atoms with Gasteiger partial charge in [0.05, 0.1) is 22.7 Å². The zero-order valence-electron chi connectivity index (χ0n) is 11.2. The Bertz CT molecular complexity index is 637. The highest BCUT2D eigenvalue weighted by Crippen LogP contribution is 2.22. The van der Waals surface area contributed by atoms with Crippen molar-refractivity contribution < 1.29 is 13.2 Å². The molecule has 1 aromatic rings. The van der Waals surface area contributed by atoms with E-state index in [9.17, 15) is 13.2 Å². The molecule has 1 atom stereocenters. The smallest absolute Gasteiger partial charge is 0.257 e. The van der Waals surface area contributed by atoms with Crippen molar-refractivity contribution in [3.63, 3.8) is 0 Å². The molecule has 20 heavy (non-hydrogen) atoms. The number of sulfonamides is 1. The van der Waals surface area contributed by atoms with Gasteiger partial charge in [-0.25, -0.2) is 13.6 Å². The lowest BCUT2D eigenvalue weighted by molar-refractivity contribution is 0.0726. The molecule has 2 aliphatic rings. The summed E-state index contributed by atoms with van der Waals surface area (Å²) >= 11 is 0. The Balaban J connectivity index is 1.80. The van der Waals surface area contributed by atoms with Crippen LogP contribution in [0.2, 0.25) is 0 Å². The molecule has 1 aromatic heterocycles. The quantitative estimate of drug-likeness (QED) is 0.812. The number of piperidine rings is 1. The predicted octanol–water partition coefficient (Wildman–Crippen LogP) is -0.278. The third kappa shape index (κ3) is 2.33. The van der Waals surface area contributed by atoms with Crippen molar-refractivity contribution in [2.24, 2.45) is 5.14 Å². The highest BCUT2D eigenvalue weighted by molar-refractivity contribution is 7.89. The molecular formula is C12H18N4O3S. The van der Waals surface area contributed by atoms with E-state index in [1.54, 1.807) is 11.1 Å². The average Bonchev–Trinajstić information content (AvgIpc) is 2.99. The molecule has 0 saturated carbocycles. The number of likely N-dealkylation sites (tertiary alicyclic amines) is 1. The molecule has 0 aromatic carbocycles. The summed E-state index contributed by atoms with van der Waals surface area (Å²) in [6.07, 6.45) is 4.64. The average molecular weight is 298 g/mol. The van der Waals surface area contributed by atoms with Gasteiger partial charge in [-0.2, -0.15) is 5.10 Å². The predicted molar refractivity (Wildman–Crippen MR) is 72.6 cm³/mol. The van der Waals surface area contributed by atoms with Crippen LogP contribution in [-0.4, -0.2) is 47.3 Å². The number of aromatic nitrogens is 2. The van der Waals surface area contributed by atoms with Crippen LogP contribution in [0.25, 0.3) is 0 Å². The Morgan fingerprint density at radius 3 is 2.90 bits per heavy atom. The van der Waals surface area contributed by atoms with Crippen molar-refractivity contribution in [1.82, 2.24) is 14.7 Å². The first-order valence-electron chi connectivity index (χ1n) is 6.82. The van der Waals surface area contributed by atoms with Crippen LogP contribution in [0, 0.1) is 0 Å². The zero-order chi connectivity index (χ0) is 14.3. The van der Waals surface area contributed by atoms with Gasteiger partial charge in [0.25, 0.3) is 5.91 Å². The monoisotopic (exact) mass is 298 g/mol. The van der Waals surface area contributed by atoms with Crippen LogP contribution in [0.5, 0.6) is 0 Å². The van der Waals surface area contributed by atoms with E-state index >= 15 is 0 Å². The first kappa shape index (κ1) is 13.6. The van der Waals surface area contributed by atoms with Crippen molar-refractivity contribution in [2.75, 3.05) is 13.1 Å². The summed E-state index contributed by atoms with van der Waals surface area (Å²) in [4.78, 5) is 14.1. The van der Waals surface area contributed by atoms with Gasteiger partial charge in [0, 0.05) is 19.6 Å². The lowest BCUT2D eigenvalue weighted by atomic mass is 10.1. The van der Waals surface area contributed by atoms with E-state index in [1.807, 2.05) is 4.68 Å². The van der Waals surface area contributed by atoms with Crippen LogP contribution in [-0.2, 0) is 23.0 Å². The number of nitrogens with two attached hydrogens (primary N) is 1. The molecule has 1 amide bonds. The Kier molecular flexibility index (Phi) is 3.29. The number of hydrogen-bond donors (Lipinski definition) is 1. The maximum Gasteiger partial charge on any atom is 0.257 e. The molecule has 0 aliphatic carbocycles. The molecule has 1 saturated heterocycles. The summed E-state index contributed by atoms with van der Waals surface area (Å²) in [5, 5.41) is 8.76. The molecule has 0 unspecified atom stereocenters. The summed E-state index contributed by atoms with van der Waals surface area (Å²) in [6, 6.07) is 0. The van der Waals surface area contributed by atoms with Gasteiger partial charge in [-0.3, -0.25) is 9.48 Å². The van der Waals surface area contributed by atoms with Crippen molar-refractivity contribution in [2.45, 2.75) is 37.5 Å². The minimum absolute atomic E-state index is 0.124. The molecule has 2 N–H and O–H groups in total. The van der Waals surface area contributed by atoms with Crippen molar-refractivity contribution >= 4 is 15.9 Å². The van der Waals surface area contributed by atoms with Crippen molar-refractivity contribution in [3.8, 4) is 0 Å². The Morgan fingerprint density at radius 2 is 2.15 bits per heavy atom. The molecule has 0 bridgehead atoms. The summed E-state index contributed by atoms with van der Waals surface area (Å²) in [5.74, 6) is -0.124. The van der Waals surface area contributed by atoms with Crippen molar-refractivity contribution in [3.05, 3.63) is 17.5 Å². The summed E-state index contributed by atoms with van der Waals surface area (Å²) < 4.78 is 24.8. The molecule has 0 spiro atoms. The third-order valence-electron chi connectivity index (χ3n) is 4.09. The van der Waals surface area contributed by atoms with Gasteiger partial charge in [0.2, 0.25) is 10.0 Å². The van der Waals surface area contributed by atoms with Crippen molar-refractivity contribution in [1.29, 1.82) is 0 Å². The van der Waals surface area contributed by atoms with Gasteiger partial charge in [0.1, 0.15) is 0 Å². The summed E-state index contributed by atoms with van der Waals surface area (Å²) in [5.41, 5.74) is 1.57. The fraction of sp³-hybridized carbons (Fsp3) is 0.667. The standard InChI is InChI=1S/C12H18N4O3S/c13-20(18,19)9-3-1-5-15(8-9)12(17)10-7-14-16-6-2-4-11(10)16/h7,9H,1-6,8H2,(H2,13,18,19)/t9-/m0/s1. The summed E-state index contributed by atoms with van der Waals surface area (Å²) in [7, 11) is -3.59. The minimum Gasteiger partial charge on any atom is -0.337 e. The van der Waals surface area contributed by atoms with Crippen LogP contribution in [0.1, 0.15) is 35.3 Å². The number of primary sulfonamides is 1. The first-order chi connectivity index (χ1) is 9.47. The summed E-state index contributed by atoms with van der Waals surface area (Å²) in [6.45, 7) is 1.61. The van der Waals surface area contributed by atoms with Crippen LogP contribution >= 0.6 is 0 Å². The number of nitrogens with zero attached hydrogens (tertiary/aromatic N) is 3. The van der Waals surface area contributed by atoms with E-state index in [4.69, 9.17) is 5.14 Å². The first-order valence-corrected chi connectivity index (χ1v) is 8.43. The second-order valence-electron chi connectivity index (χ2n) is 5.44. The molecule has 8 heteroatoms. The van der Waals surface area contributed by atoms with E-state index in [0.29, 0.717) is 24.9 Å². The van der Waals surface area contributed by atoms with Gasteiger partial charge in [-0.05, 0) is 25.7 Å². The van der Waals surface area contributed by atoms with E-state index in [1.165, 1.54) is 0 Å². The van der Waals surface area contributed by atoms with Gasteiger partial charge in [-0.15, -0.1) is 0 Å². The highest BCUT2D eigenvalue weighted by atomic mass is 32.2. The third-order valence-corrected chi connectivity index (χ3v) is 5.41. The number of aryl methyl sites for hydroxylation is 1. The second-order valence-corrected chi connectivity index (χ2v) is 7.28. The SMILES string of the molecule is NS(=O)(=O)[C@H]1CCCN(C(=O)c2cnn3c2CCC3)C1. The second kappa shape index (κ2) is 4.85. The Labute approximate surface area is 117 Å². The largest absolute Gasteiger partial charge is 0.337 e. The van der Waals surface area contributed by atoms with Gasteiger partial charge < -0.3 is 4.90 Å². The highest BCUT2D eigenvalue weighted by Gasteiger charge is 2.32. The number of carbonyl (C=O) groups excluding carboxylic acids is 1. The maximum atomic E-state index is 12.5. The molecule has 3 heterocycles. The lowest BCUT2D eigenvalue weighted by Crippen LogP contribution is -2.47. The van der Waals surface area contributed by atoms with Crippen LogP contribution in [0.3, 0.4) is 0 Å². The zero-order valence-corrected chi connectivity index (χ0v) is 12.0. The van der Waals surface area contributed by atoms with E-state index in [-0.39, 0.29) is 12.5 Å². The molecule has 1 fully saturated rings. The number of fused-ring (bicyclic) bond motifs is 1. The van der Waals surface area contributed by atoms with Gasteiger partial charge in [-0.1, -0.05) is 0 Å². The van der Waals surface area contributed by atoms with E-state index in [0.717, 1.165) is 25.1 Å². The fourth-order valence-electron chi connectivity index (χ4n) is 3.00. The number of carbonyl (C=O) groups is 1. The molecule has 2 aliphatic heterocycles. The topological polar surface area (TPSA) is 98.3 Å². The number of amides is 1. The molecule has 110 valence electrons. The fourth-order valence-corrected chi connectivity index (χ4v) is 3.89. The van der Waals surface area contributed by atoms with Crippen LogP contribution in [0.15, 0.2) is 6.20 Å². The van der Waals surface area contributed by atoms with Crippen LogP contribution < -0.4 is 5.14 Å². The maximum absolute atomic E-state index is 12.5. The Hall–Kier alpha value is -1.41. The lowest BCUT2D eigenvalue weighted by Gasteiger charge is -2.31. The van der Waals surface area contributed by atoms with E-state index < -0.39 is 15.3 Å². The normalized spacial score (nSPS) is 22.9.